The van der Waals surface area contributed by atoms with Crippen LogP contribution in [0.5, 0.6) is 0 Å². The van der Waals surface area contributed by atoms with Crippen LogP contribution in [0.3, 0.4) is 0 Å². The second-order valence-electron chi connectivity index (χ2n) is 13.1. The third-order valence-electron chi connectivity index (χ3n) is 9.47. The number of sulfone groups is 1. The van der Waals surface area contributed by atoms with Crippen LogP contribution in [0.1, 0.15) is 82.8 Å². The molecule has 45 heavy (non-hydrogen) atoms. The number of β-amino-alcohol motifs (C(OH)–C–C–N with tert-alkyl or cyclic N) is 1. The fraction of sp³-hybridized carbons (Fsp3) is 0.765. The van der Waals surface area contributed by atoms with Crippen molar-refractivity contribution in [3.05, 3.63) is 35.4 Å². The van der Waals surface area contributed by atoms with Gasteiger partial charge in [0.25, 0.3) is 0 Å². The van der Waals surface area contributed by atoms with Crippen molar-refractivity contribution < 1.29 is 33.0 Å². The molecule has 11 heteroatoms. The second kappa shape index (κ2) is 18.9. The Morgan fingerprint density at radius 1 is 1.02 bits per heavy atom. The molecule has 1 heterocycles. The molecule has 0 aromatic heterocycles. The molecule has 0 unspecified atom stereocenters. The van der Waals surface area contributed by atoms with E-state index in [1.165, 1.54) is 6.42 Å². The van der Waals surface area contributed by atoms with E-state index in [4.69, 9.17) is 4.74 Å². The van der Waals surface area contributed by atoms with E-state index in [-0.39, 0.29) is 24.5 Å². The molecule has 1 saturated heterocycles. The first-order valence-corrected chi connectivity index (χ1v) is 18.9. The van der Waals surface area contributed by atoms with Crippen molar-refractivity contribution in [1.29, 1.82) is 0 Å². The lowest BCUT2D eigenvalue weighted by Crippen LogP contribution is -2.57. The van der Waals surface area contributed by atoms with Crippen LogP contribution in [0.2, 0.25) is 0 Å². The summed E-state index contributed by atoms with van der Waals surface area (Å²) >= 11 is 0. The van der Waals surface area contributed by atoms with Gasteiger partial charge in [-0.15, -0.1) is 0 Å². The van der Waals surface area contributed by atoms with Gasteiger partial charge < -0.3 is 25.6 Å². The summed E-state index contributed by atoms with van der Waals surface area (Å²) in [5, 5.41) is 28.4. The molecular weight excluding hydrogens is 594 g/mol. The molecule has 10 nitrogen and oxygen atoms in total. The predicted octanol–water partition coefficient (Wildman–Crippen LogP) is 2.77. The maximum Gasteiger partial charge on any atom is 0.242 e. The van der Waals surface area contributed by atoms with Gasteiger partial charge in [0.2, 0.25) is 11.8 Å². The average Bonchev–Trinajstić information content (AvgIpc) is 3.03. The van der Waals surface area contributed by atoms with Crippen molar-refractivity contribution in [2.24, 2.45) is 11.8 Å². The number of unbranched alkanes of at least 4 members (excludes halogenated alkanes) is 1. The van der Waals surface area contributed by atoms with Gasteiger partial charge in [-0.2, -0.15) is 0 Å². The fourth-order valence-corrected chi connectivity index (χ4v) is 7.61. The highest BCUT2D eigenvalue weighted by molar-refractivity contribution is 7.91. The highest BCUT2D eigenvalue weighted by Gasteiger charge is 2.35. The summed E-state index contributed by atoms with van der Waals surface area (Å²) in [6, 6.07) is 6.03. The SMILES string of the molecule is CCCC[C@H](NC(=O)[C@H](Cc1ccccc1C)CS(=O)(=O)CC)C(=O)N[C@@H](CC1CCCCC1)[C@@H](O)[C@@H](O)CN1CCOCC1. The number of benzene rings is 1. The normalized spacial score (nSPS) is 20.1. The number of morpholine rings is 1. The van der Waals surface area contributed by atoms with Crippen LogP contribution in [-0.4, -0.2) is 104 Å². The van der Waals surface area contributed by atoms with E-state index in [9.17, 15) is 28.2 Å². The van der Waals surface area contributed by atoms with Crippen molar-refractivity contribution >= 4 is 21.7 Å². The molecule has 2 fully saturated rings. The zero-order valence-corrected chi connectivity index (χ0v) is 28.4. The molecule has 2 amide bonds. The van der Waals surface area contributed by atoms with E-state index in [0.717, 1.165) is 43.2 Å². The minimum Gasteiger partial charge on any atom is -0.389 e. The minimum absolute atomic E-state index is 0.0716. The number of aliphatic hydroxyl groups excluding tert-OH is 2. The molecule has 3 rings (SSSR count). The Morgan fingerprint density at radius 2 is 1.71 bits per heavy atom. The molecule has 5 atom stereocenters. The van der Waals surface area contributed by atoms with Gasteiger partial charge in [0.15, 0.2) is 9.84 Å². The molecule has 1 aromatic rings. The molecule has 0 radical (unpaired) electrons. The molecule has 4 N–H and O–H groups in total. The number of carbonyl (C=O) groups is 2. The van der Waals surface area contributed by atoms with Crippen LogP contribution >= 0.6 is 0 Å². The number of aliphatic hydroxyl groups is 2. The molecule has 2 aliphatic rings. The summed E-state index contributed by atoms with van der Waals surface area (Å²) in [5.41, 5.74) is 1.86. The van der Waals surface area contributed by atoms with E-state index in [1.807, 2.05) is 38.1 Å². The minimum atomic E-state index is -3.47. The Morgan fingerprint density at radius 3 is 2.36 bits per heavy atom. The van der Waals surface area contributed by atoms with Gasteiger partial charge in [0.1, 0.15) is 12.1 Å². The van der Waals surface area contributed by atoms with Crippen molar-refractivity contribution in [2.75, 3.05) is 44.4 Å². The Kier molecular flexibility index (Phi) is 15.7. The van der Waals surface area contributed by atoms with Crippen LogP contribution in [0, 0.1) is 18.8 Å². The Bertz CT molecular complexity index is 1150. The number of hydrogen-bond donors (Lipinski definition) is 4. The standard InChI is InChI=1S/C34H57N3O7S/c1-4-6-16-29(35-33(40)28(24-45(42,43)5-2)22-27-15-11-10-12-25(27)3)34(41)36-30(21-26-13-8-7-9-14-26)32(39)31(38)23-37-17-19-44-20-18-37/h10-12,15,26,28-32,38-39H,4-9,13-14,16-24H2,1-3H3,(H,35,40)(H,36,41)/t28-,29+,30+,31+,32-/m1/s1. The summed E-state index contributed by atoms with van der Waals surface area (Å²) in [6.45, 7) is 8.29. The van der Waals surface area contributed by atoms with Crippen LogP contribution in [-0.2, 0) is 30.6 Å². The number of carbonyl (C=O) groups excluding carboxylic acids is 2. The summed E-state index contributed by atoms with van der Waals surface area (Å²) in [4.78, 5) is 29.7. The molecule has 1 aliphatic carbocycles. The van der Waals surface area contributed by atoms with Crippen molar-refractivity contribution in [3.63, 3.8) is 0 Å². The monoisotopic (exact) mass is 651 g/mol. The number of ether oxygens (including phenoxy) is 1. The second-order valence-corrected chi connectivity index (χ2v) is 15.5. The van der Waals surface area contributed by atoms with Crippen molar-refractivity contribution in [1.82, 2.24) is 15.5 Å². The number of hydrogen-bond acceptors (Lipinski definition) is 8. The zero-order valence-electron chi connectivity index (χ0n) is 27.6. The fourth-order valence-electron chi connectivity index (χ4n) is 6.50. The van der Waals surface area contributed by atoms with Crippen molar-refractivity contribution in [2.45, 2.75) is 109 Å². The Balaban J connectivity index is 1.78. The van der Waals surface area contributed by atoms with E-state index in [1.54, 1.807) is 6.92 Å². The smallest absolute Gasteiger partial charge is 0.242 e. The molecule has 1 aromatic carbocycles. The van der Waals surface area contributed by atoms with Gasteiger partial charge >= 0.3 is 0 Å². The highest BCUT2D eigenvalue weighted by atomic mass is 32.2. The largest absolute Gasteiger partial charge is 0.389 e. The van der Waals surface area contributed by atoms with Gasteiger partial charge in [-0.25, -0.2) is 8.42 Å². The summed E-state index contributed by atoms with van der Waals surface area (Å²) < 4.78 is 30.8. The number of aryl methyl sites for hydroxylation is 1. The molecule has 1 aliphatic heterocycles. The topological polar surface area (TPSA) is 145 Å². The Hall–Kier alpha value is -2.05. The summed E-state index contributed by atoms with van der Waals surface area (Å²) in [6.07, 6.45) is 5.86. The van der Waals surface area contributed by atoms with Crippen LogP contribution < -0.4 is 10.6 Å². The van der Waals surface area contributed by atoms with E-state index < -0.39 is 51.9 Å². The van der Waals surface area contributed by atoms with Crippen LogP contribution in [0.4, 0.5) is 0 Å². The Labute approximate surface area is 270 Å². The molecule has 256 valence electrons. The molecule has 0 bridgehead atoms. The van der Waals surface area contributed by atoms with Gasteiger partial charge in [0.05, 0.1) is 37.0 Å². The lowest BCUT2D eigenvalue weighted by Gasteiger charge is -2.35. The number of rotatable bonds is 18. The van der Waals surface area contributed by atoms with E-state index >= 15 is 0 Å². The van der Waals surface area contributed by atoms with E-state index in [2.05, 4.69) is 15.5 Å². The van der Waals surface area contributed by atoms with Gasteiger partial charge in [-0.05, 0) is 43.2 Å². The first-order valence-electron chi connectivity index (χ1n) is 17.0. The first-order chi connectivity index (χ1) is 21.5. The molecule has 0 spiro atoms. The quantitative estimate of drug-likeness (QED) is 0.190. The van der Waals surface area contributed by atoms with Gasteiger partial charge in [0, 0.05) is 25.4 Å². The third-order valence-corrected chi connectivity index (χ3v) is 11.3. The number of amides is 2. The van der Waals surface area contributed by atoms with Gasteiger partial charge in [-0.1, -0.05) is 83.1 Å². The maximum atomic E-state index is 13.9. The van der Waals surface area contributed by atoms with Crippen LogP contribution in [0.25, 0.3) is 0 Å². The third kappa shape index (κ3) is 12.6. The summed E-state index contributed by atoms with van der Waals surface area (Å²) in [7, 11) is -3.47. The maximum absolute atomic E-state index is 13.9. The van der Waals surface area contributed by atoms with Gasteiger partial charge in [-0.3, -0.25) is 14.5 Å². The number of nitrogens with one attached hydrogen (secondary N) is 2. The summed E-state index contributed by atoms with van der Waals surface area (Å²) in [5.74, 6) is -1.78. The molecular formula is C34H57N3O7S. The lowest BCUT2D eigenvalue weighted by molar-refractivity contribution is -0.132. The predicted molar refractivity (Wildman–Crippen MR) is 177 cm³/mol. The first kappa shape index (κ1) is 37.4. The van der Waals surface area contributed by atoms with Crippen molar-refractivity contribution in [3.8, 4) is 0 Å². The number of nitrogens with zero attached hydrogens (tertiary/aromatic N) is 1. The average molecular weight is 652 g/mol. The zero-order chi connectivity index (χ0) is 32.8. The van der Waals surface area contributed by atoms with E-state index in [0.29, 0.717) is 51.5 Å². The van der Waals surface area contributed by atoms with Crippen LogP contribution in [0.15, 0.2) is 24.3 Å². The highest BCUT2D eigenvalue weighted by Crippen LogP contribution is 2.29. The lowest BCUT2D eigenvalue weighted by atomic mass is 9.83. The molecule has 1 saturated carbocycles.